The summed E-state index contributed by atoms with van der Waals surface area (Å²) < 4.78 is 21.8. The molecule has 222 valence electrons. The van der Waals surface area contributed by atoms with E-state index in [1.54, 1.807) is 56.3 Å². The number of amides is 3. The van der Waals surface area contributed by atoms with Crippen LogP contribution in [-0.2, 0) is 20.6 Å². The van der Waals surface area contributed by atoms with E-state index in [2.05, 4.69) is 20.6 Å². The Morgan fingerprint density at radius 2 is 1.73 bits per heavy atom. The van der Waals surface area contributed by atoms with Crippen molar-refractivity contribution in [3.63, 3.8) is 0 Å². The zero-order valence-electron chi connectivity index (χ0n) is 24.1. The third-order valence-electron chi connectivity index (χ3n) is 7.33. The van der Waals surface area contributed by atoms with E-state index in [0.717, 1.165) is 9.31 Å². The number of imidazole rings is 1. The Hall–Kier alpha value is -5.85. The van der Waals surface area contributed by atoms with Gasteiger partial charge in [-0.1, -0.05) is 18.2 Å². The highest BCUT2D eigenvalue weighted by Gasteiger charge is 2.33. The summed E-state index contributed by atoms with van der Waals surface area (Å²) in [4.78, 5) is 61.9. The average Bonchev–Trinajstić information content (AvgIpc) is 3.59. The van der Waals surface area contributed by atoms with Crippen LogP contribution in [0.5, 0.6) is 0 Å². The fraction of sp³-hybridized carbons (Fsp3) is 0.161. The van der Waals surface area contributed by atoms with Gasteiger partial charge in [-0.25, -0.2) is 9.97 Å². The van der Waals surface area contributed by atoms with Crippen molar-refractivity contribution in [1.82, 2.24) is 19.3 Å². The zero-order valence-corrected chi connectivity index (χ0v) is 24.1. The average molecular weight is 596 g/mol. The molecular formula is C31H26FN7O5. The predicted molar refractivity (Wildman–Crippen MR) is 159 cm³/mol. The highest BCUT2D eigenvalue weighted by Crippen LogP contribution is 2.32. The highest BCUT2D eigenvalue weighted by atomic mass is 19.1. The number of carbonyl (C=O) groups excluding carboxylic acids is 3. The van der Waals surface area contributed by atoms with Gasteiger partial charge in [0.25, 0.3) is 23.3 Å². The van der Waals surface area contributed by atoms with Crippen LogP contribution >= 0.6 is 0 Å². The number of hydrogen-bond acceptors (Lipinski definition) is 7. The van der Waals surface area contributed by atoms with Gasteiger partial charge in [0.15, 0.2) is 5.82 Å². The van der Waals surface area contributed by atoms with E-state index in [0.29, 0.717) is 45.1 Å². The van der Waals surface area contributed by atoms with Crippen molar-refractivity contribution in [2.45, 2.75) is 20.4 Å². The molecule has 1 aliphatic rings. The number of aromatic nitrogens is 4. The second kappa shape index (κ2) is 10.8. The molecule has 5 aromatic rings. The van der Waals surface area contributed by atoms with Crippen LogP contribution in [-0.4, -0.2) is 37.0 Å². The lowest BCUT2D eigenvalue weighted by Crippen LogP contribution is -2.23. The number of anilines is 3. The smallest absolute Gasteiger partial charge is 0.290 e. The van der Waals surface area contributed by atoms with Gasteiger partial charge < -0.3 is 24.6 Å². The molecule has 0 radical (unpaired) electrons. The number of hydrogen-bond donors (Lipinski definition) is 2. The van der Waals surface area contributed by atoms with Gasteiger partial charge in [-0.05, 0) is 55.8 Å². The lowest BCUT2D eigenvalue weighted by molar-refractivity contribution is 0.0994. The van der Waals surface area contributed by atoms with Gasteiger partial charge in [-0.15, -0.1) is 0 Å². The summed E-state index contributed by atoms with van der Waals surface area (Å²) in [5.74, 6) is -1.88. The maximum Gasteiger partial charge on any atom is 0.290 e. The quantitative estimate of drug-likeness (QED) is 0.299. The summed E-state index contributed by atoms with van der Waals surface area (Å²) in [7, 11) is 3.00. The van der Waals surface area contributed by atoms with E-state index in [1.807, 2.05) is 0 Å². The van der Waals surface area contributed by atoms with Crippen molar-refractivity contribution >= 4 is 34.9 Å². The number of pyridine rings is 1. The van der Waals surface area contributed by atoms with Gasteiger partial charge in [0.05, 0.1) is 18.4 Å². The fourth-order valence-corrected chi connectivity index (χ4v) is 5.16. The molecule has 3 aromatic heterocycles. The van der Waals surface area contributed by atoms with Crippen LogP contribution in [0.25, 0.3) is 11.1 Å². The van der Waals surface area contributed by atoms with E-state index >= 15 is 0 Å². The molecular weight excluding hydrogens is 569 g/mol. The fourth-order valence-electron chi connectivity index (χ4n) is 5.16. The molecule has 3 amide bonds. The van der Waals surface area contributed by atoms with Gasteiger partial charge >= 0.3 is 0 Å². The molecule has 6 rings (SSSR count). The molecule has 0 bridgehead atoms. The summed E-state index contributed by atoms with van der Waals surface area (Å²) in [5.41, 5.74) is 3.28. The van der Waals surface area contributed by atoms with Crippen LogP contribution < -0.4 is 21.1 Å². The van der Waals surface area contributed by atoms with Crippen LogP contribution in [0.2, 0.25) is 0 Å². The standard InChI is InChI=1S/C31H26FN7O5/c1-16-12-22-23(14-39(30(22)42)21-10-8-18(9-11-21)24-17(2)44-38(4)31(24)43)25(34-16)29(41)35-20-7-5-6-19(13-20)28(40)36-27-26(32)37(3)15-33-27/h5-13,15H,14H2,1-4H3,(H,35,41)(H,36,40). The summed E-state index contributed by atoms with van der Waals surface area (Å²) in [6.07, 6.45) is 1.24. The Bertz CT molecular complexity index is 2040. The van der Waals surface area contributed by atoms with Crippen molar-refractivity contribution in [3.8, 4) is 11.1 Å². The lowest BCUT2D eigenvalue weighted by atomic mass is 10.1. The van der Waals surface area contributed by atoms with Gasteiger partial charge in [0.2, 0.25) is 5.95 Å². The number of carbonyl (C=O) groups is 3. The highest BCUT2D eigenvalue weighted by molar-refractivity contribution is 6.14. The third-order valence-corrected chi connectivity index (χ3v) is 7.33. The topological polar surface area (TPSA) is 144 Å². The molecule has 4 heterocycles. The predicted octanol–water partition coefficient (Wildman–Crippen LogP) is 4.19. The molecule has 0 spiro atoms. The Labute approximate surface area is 249 Å². The molecule has 13 heteroatoms. The summed E-state index contributed by atoms with van der Waals surface area (Å²) in [5, 5.41) is 5.16. The van der Waals surface area contributed by atoms with E-state index in [1.165, 1.54) is 37.5 Å². The van der Waals surface area contributed by atoms with Crippen LogP contribution in [0.3, 0.4) is 0 Å². The van der Waals surface area contributed by atoms with Gasteiger partial charge in [0.1, 0.15) is 11.5 Å². The normalized spacial score (nSPS) is 12.4. The molecule has 0 saturated carbocycles. The largest absolute Gasteiger partial charge is 0.381 e. The van der Waals surface area contributed by atoms with Crippen molar-refractivity contribution in [3.05, 3.63) is 111 Å². The number of aryl methyl sites for hydroxylation is 4. The number of halogens is 1. The first-order chi connectivity index (χ1) is 21.0. The SMILES string of the molecule is Cc1cc2c(c(C(=O)Nc3cccc(C(=O)Nc4ncn(C)c4F)c3)n1)CN(c1ccc(-c3c(C)on(C)c3=O)cc1)C2=O. The van der Waals surface area contributed by atoms with Crippen LogP contribution in [0, 0.1) is 19.8 Å². The number of benzene rings is 2. The van der Waals surface area contributed by atoms with Crippen molar-refractivity contribution in [2.24, 2.45) is 14.1 Å². The van der Waals surface area contributed by atoms with Crippen molar-refractivity contribution in [1.29, 1.82) is 0 Å². The number of fused-ring (bicyclic) bond motifs is 1. The van der Waals surface area contributed by atoms with E-state index in [-0.39, 0.29) is 35.1 Å². The molecule has 0 aliphatic carbocycles. The first-order valence-corrected chi connectivity index (χ1v) is 13.5. The molecule has 0 fully saturated rings. The number of rotatable bonds is 6. The van der Waals surface area contributed by atoms with Gasteiger partial charge in [-0.3, -0.25) is 19.2 Å². The van der Waals surface area contributed by atoms with Crippen LogP contribution in [0.15, 0.2) is 70.2 Å². The van der Waals surface area contributed by atoms with E-state index < -0.39 is 17.8 Å². The number of nitrogens with zero attached hydrogens (tertiary/aromatic N) is 5. The Kier molecular flexibility index (Phi) is 6.92. The van der Waals surface area contributed by atoms with Gasteiger partial charge in [0, 0.05) is 47.9 Å². The number of nitrogens with one attached hydrogen (secondary N) is 2. The molecule has 2 N–H and O–H groups in total. The summed E-state index contributed by atoms with van der Waals surface area (Å²) >= 11 is 0. The zero-order chi connectivity index (χ0) is 31.3. The summed E-state index contributed by atoms with van der Waals surface area (Å²) in [6.45, 7) is 3.51. The first-order valence-electron chi connectivity index (χ1n) is 13.5. The van der Waals surface area contributed by atoms with Crippen LogP contribution in [0.4, 0.5) is 21.6 Å². The van der Waals surface area contributed by atoms with Crippen LogP contribution in [0.1, 0.15) is 48.2 Å². The molecule has 0 unspecified atom stereocenters. The minimum absolute atomic E-state index is 0.0791. The van der Waals surface area contributed by atoms with E-state index in [4.69, 9.17) is 4.52 Å². The van der Waals surface area contributed by atoms with Crippen molar-refractivity contribution in [2.75, 3.05) is 15.5 Å². The molecule has 2 aromatic carbocycles. The monoisotopic (exact) mass is 595 g/mol. The second-order valence-corrected chi connectivity index (χ2v) is 10.4. The second-order valence-electron chi connectivity index (χ2n) is 10.4. The van der Waals surface area contributed by atoms with E-state index in [9.17, 15) is 23.6 Å². The molecule has 12 nitrogen and oxygen atoms in total. The minimum Gasteiger partial charge on any atom is -0.381 e. The minimum atomic E-state index is -0.694. The maximum absolute atomic E-state index is 14.1. The first kappa shape index (κ1) is 28.3. The molecule has 0 saturated heterocycles. The Morgan fingerprint density at radius 3 is 2.39 bits per heavy atom. The third kappa shape index (κ3) is 4.93. The van der Waals surface area contributed by atoms with Crippen molar-refractivity contribution < 1.29 is 23.3 Å². The molecule has 0 atom stereocenters. The summed E-state index contributed by atoms with van der Waals surface area (Å²) in [6, 6.07) is 14.7. The Balaban J connectivity index is 1.23. The molecule has 1 aliphatic heterocycles. The van der Waals surface area contributed by atoms with Gasteiger partial charge in [-0.2, -0.15) is 9.13 Å². The Morgan fingerprint density at radius 1 is 0.977 bits per heavy atom. The molecule has 44 heavy (non-hydrogen) atoms. The lowest BCUT2D eigenvalue weighted by Gasteiger charge is -2.16. The maximum atomic E-state index is 14.1.